The number of rotatable bonds is 2. The van der Waals surface area contributed by atoms with Gasteiger partial charge < -0.3 is 14.7 Å². The summed E-state index contributed by atoms with van der Waals surface area (Å²) in [6.07, 6.45) is 0.361. The Morgan fingerprint density at radius 3 is 2.50 bits per heavy atom. The summed E-state index contributed by atoms with van der Waals surface area (Å²) < 4.78 is 6.50. The molecule has 0 aromatic heterocycles. The van der Waals surface area contributed by atoms with Gasteiger partial charge in [0.25, 0.3) is 0 Å². The van der Waals surface area contributed by atoms with E-state index < -0.39 is 5.97 Å². The van der Waals surface area contributed by atoms with E-state index in [-0.39, 0.29) is 12.2 Å². The Kier molecular flexibility index (Phi) is 3.92. The molecule has 1 fully saturated rings. The van der Waals surface area contributed by atoms with Crippen molar-refractivity contribution < 1.29 is 14.6 Å². The number of hydrogen-bond donors (Lipinski definition) is 1. The first-order chi connectivity index (χ1) is 8.47. The SMILES string of the molecule is C[C@@H]1CN(c2ccc(C(=O)O)cc2Br)C[C@H](C)O1. The molecule has 2 atom stereocenters. The largest absolute Gasteiger partial charge is 0.478 e. The second-order valence-corrected chi connectivity index (χ2v) is 5.49. The number of hydrogen-bond acceptors (Lipinski definition) is 3. The molecule has 1 saturated heterocycles. The van der Waals surface area contributed by atoms with E-state index in [1.807, 2.05) is 19.9 Å². The van der Waals surface area contributed by atoms with Crippen LogP contribution in [0, 0.1) is 0 Å². The number of carboxylic acids is 1. The van der Waals surface area contributed by atoms with Crippen LogP contribution in [0.4, 0.5) is 5.69 Å². The van der Waals surface area contributed by atoms with Crippen molar-refractivity contribution in [3.05, 3.63) is 28.2 Å². The average molecular weight is 314 g/mol. The van der Waals surface area contributed by atoms with Crippen LogP contribution in [0.1, 0.15) is 24.2 Å². The van der Waals surface area contributed by atoms with E-state index in [0.29, 0.717) is 5.56 Å². The number of carbonyl (C=O) groups is 1. The number of halogens is 1. The van der Waals surface area contributed by atoms with E-state index in [9.17, 15) is 4.79 Å². The van der Waals surface area contributed by atoms with Gasteiger partial charge in [-0.3, -0.25) is 0 Å². The number of nitrogens with zero attached hydrogens (tertiary/aromatic N) is 1. The minimum atomic E-state index is -0.911. The fraction of sp³-hybridized carbons (Fsp3) is 0.462. The fourth-order valence-electron chi connectivity index (χ4n) is 2.27. The van der Waals surface area contributed by atoms with Crippen LogP contribution in [0.3, 0.4) is 0 Å². The number of aromatic carboxylic acids is 1. The molecule has 0 saturated carbocycles. The Bertz CT molecular complexity index is 454. The van der Waals surface area contributed by atoms with Crippen LogP contribution >= 0.6 is 15.9 Å². The van der Waals surface area contributed by atoms with Crippen LogP contribution in [0.2, 0.25) is 0 Å². The molecule has 0 amide bonds. The van der Waals surface area contributed by atoms with Gasteiger partial charge in [0.15, 0.2) is 0 Å². The molecule has 0 radical (unpaired) electrons. The van der Waals surface area contributed by atoms with E-state index in [0.717, 1.165) is 23.2 Å². The molecule has 0 spiro atoms. The van der Waals surface area contributed by atoms with Gasteiger partial charge in [-0.2, -0.15) is 0 Å². The second kappa shape index (κ2) is 5.28. The summed E-state index contributed by atoms with van der Waals surface area (Å²) in [7, 11) is 0. The van der Waals surface area contributed by atoms with Crippen LogP contribution < -0.4 is 4.90 Å². The molecule has 0 unspecified atom stereocenters. The average Bonchev–Trinajstić information content (AvgIpc) is 2.27. The monoisotopic (exact) mass is 313 g/mol. The van der Waals surface area contributed by atoms with Crippen LogP contribution in [0.25, 0.3) is 0 Å². The molecular weight excluding hydrogens is 298 g/mol. The fourth-order valence-corrected chi connectivity index (χ4v) is 2.90. The molecule has 1 N–H and O–H groups in total. The Balaban J connectivity index is 2.25. The predicted octanol–water partition coefficient (Wildman–Crippen LogP) is 2.76. The lowest BCUT2D eigenvalue weighted by molar-refractivity contribution is -0.00526. The molecule has 1 aliphatic heterocycles. The van der Waals surface area contributed by atoms with E-state index in [1.54, 1.807) is 12.1 Å². The Morgan fingerprint density at radius 1 is 1.39 bits per heavy atom. The molecule has 1 heterocycles. The van der Waals surface area contributed by atoms with Gasteiger partial charge in [0.2, 0.25) is 0 Å². The van der Waals surface area contributed by atoms with E-state index in [4.69, 9.17) is 9.84 Å². The quantitative estimate of drug-likeness (QED) is 0.912. The number of ether oxygens (including phenoxy) is 1. The second-order valence-electron chi connectivity index (χ2n) is 4.63. The first kappa shape index (κ1) is 13.4. The van der Waals surface area contributed by atoms with E-state index >= 15 is 0 Å². The summed E-state index contributed by atoms with van der Waals surface area (Å²) in [5.41, 5.74) is 1.31. The third-order valence-corrected chi connectivity index (χ3v) is 3.59. The van der Waals surface area contributed by atoms with Crippen molar-refractivity contribution in [2.75, 3.05) is 18.0 Å². The van der Waals surface area contributed by atoms with Crippen molar-refractivity contribution in [3.8, 4) is 0 Å². The van der Waals surface area contributed by atoms with Gasteiger partial charge >= 0.3 is 5.97 Å². The summed E-state index contributed by atoms with van der Waals surface area (Å²) in [6, 6.07) is 5.12. The van der Waals surface area contributed by atoms with Crippen molar-refractivity contribution in [2.45, 2.75) is 26.1 Å². The first-order valence-electron chi connectivity index (χ1n) is 5.90. The molecule has 98 valence electrons. The molecule has 18 heavy (non-hydrogen) atoms. The topological polar surface area (TPSA) is 49.8 Å². The van der Waals surface area contributed by atoms with Gasteiger partial charge in [-0.25, -0.2) is 4.79 Å². The van der Waals surface area contributed by atoms with E-state index in [2.05, 4.69) is 20.8 Å². The van der Waals surface area contributed by atoms with Crippen molar-refractivity contribution in [3.63, 3.8) is 0 Å². The normalized spacial score (nSPS) is 24.1. The van der Waals surface area contributed by atoms with Crippen molar-refractivity contribution in [2.24, 2.45) is 0 Å². The lowest BCUT2D eigenvalue weighted by atomic mass is 10.1. The molecule has 4 nitrogen and oxygen atoms in total. The number of carboxylic acid groups (broad SMARTS) is 1. The number of morpholine rings is 1. The first-order valence-corrected chi connectivity index (χ1v) is 6.70. The summed E-state index contributed by atoms with van der Waals surface area (Å²) in [4.78, 5) is 13.1. The van der Waals surface area contributed by atoms with Gasteiger partial charge in [0, 0.05) is 17.6 Å². The summed E-state index contributed by atoms with van der Waals surface area (Å²) in [5, 5.41) is 8.94. The lowest BCUT2D eigenvalue weighted by Gasteiger charge is -2.37. The predicted molar refractivity (Wildman–Crippen MR) is 73.3 cm³/mol. The van der Waals surface area contributed by atoms with Gasteiger partial charge in [0.05, 0.1) is 23.5 Å². The van der Waals surface area contributed by atoms with Crippen LogP contribution in [0.15, 0.2) is 22.7 Å². The third kappa shape index (κ3) is 2.84. The maximum Gasteiger partial charge on any atom is 0.335 e. The molecule has 2 rings (SSSR count). The van der Waals surface area contributed by atoms with Crippen molar-refractivity contribution >= 4 is 27.6 Å². The highest BCUT2D eigenvalue weighted by Crippen LogP contribution is 2.29. The number of anilines is 1. The molecule has 0 aliphatic carbocycles. The third-order valence-electron chi connectivity index (χ3n) is 2.95. The molecule has 1 aromatic rings. The highest BCUT2D eigenvalue weighted by atomic mass is 79.9. The molecule has 0 bridgehead atoms. The molecule has 1 aromatic carbocycles. The standard InChI is InChI=1S/C13H16BrNO3/c1-8-6-15(7-9(2)18-8)12-4-3-10(13(16)17)5-11(12)14/h3-5,8-9H,6-7H2,1-2H3,(H,16,17)/t8-,9+. The van der Waals surface area contributed by atoms with Gasteiger partial charge in [-0.15, -0.1) is 0 Å². The lowest BCUT2D eigenvalue weighted by Crippen LogP contribution is -2.45. The summed E-state index contributed by atoms with van der Waals surface area (Å²) in [5.74, 6) is -0.911. The zero-order valence-corrected chi connectivity index (χ0v) is 12.0. The number of benzene rings is 1. The minimum Gasteiger partial charge on any atom is -0.478 e. The minimum absolute atomic E-state index is 0.180. The zero-order valence-electron chi connectivity index (χ0n) is 10.4. The van der Waals surface area contributed by atoms with Crippen molar-refractivity contribution in [1.82, 2.24) is 0 Å². The zero-order chi connectivity index (χ0) is 13.3. The van der Waals surface area contributed by atoms with Crippen LogP contribution in [-0.2, 0) is 4.74 Å². The molecular formula is C13H16BrNO3. The molecule has 1 aliphatic rings. The highest BCUT2D eigenvalue weighted by molar-refractivity contribution is 9.10. The van der Waals surface area contributed by atoms with Crippen molar-refractivity contribution in [1.29, 1.82) is 0 Å². The maximum atomic E-state index is 10.9. The molecule has 5 heteroatoms. The van der Waals surface area contributed by atoms with Crippen LogP contribution in [0.5, 0.6) is 0 Å². The Morgan fingerprint density at radius 2 is 2.00 bits per heavy atom. The highest BCUT2D eigenvalue weighted by Gasteiger charge is 2.23. The smallest absolute Gasteiger partial charge is 0.335 e. The summed E-state index contributed by atoms with van der Waals surface area (Å²) >= 11 is 3.45. The van der Waals surface area contributed by atoms with Gasteiger partial charge in [0.1, 0.15) is 0 Å². The Labute approximate surface area is 115 Å². The maximum absolute atomic E-state index is 10.9. The van der Waals surface area contributed by atoms with Crippen LogP contribution in [-0.4, -0.2) is 36.4 Å². The summed E-state index contributed by atoms with van der Waals surface area (Å²) in [6.45, 7) is 5.72. The van der Waals surface area contributed by atoms with Gasteiger partial charge in [-0.1, -0.05) is 0 Å². The van der Waals surface area contributed by atoms with Gasteiger partial charge in [-0.05, 0) is 48.0 Å². The Hall–Kier alpha value is -1.07. The van der Waals surface area contributed by atoms with E-state index in [1.165, 1.54) is 0 Å².